The van der Waals surface area contributed by atoms with Gasteiger partial charge in [0, 0.05) is 40.3 Å². The SMILES string of the molecule is CCCN(CCC)N(N(C)C)N(CCC)CCCCS(=O)(=O)O. The van der Waals surface area contributed by atoms with Crippen LogP contribution in [-0.2, 0) is 10.1 Å². The Labute approximate surface area is 142 Å². The second-order valence-corrected chi connectivity index (χ2v) is 7.59. The Morgan fingerprint density at radius 2 is 1.22 bits per heavy atom. The zero-order valence-electron chi connectivity index (χ0n) is 15.5. The predicted octanol–water partition coefficient (Wildman–Crippen LogP) is 2.10. The van der Waals surface area contributed by atoms with Crippen LogP contribution in [0.5, 0.6) is 0 Å². The highest BCUT2D eigenvalue weighted by molar-refractivity contribution is 7.85. The van der Waals surface area contributed by atoms with E-state index in [-0.39, 0.29) is 5.75 Å². The maximum atomic E-state index is 10.8. The third kappa shape index (κ3) is 10.3. The largest absolute Gasteiger partial charge is 0.286 e. The first kappa shape index (κ1) is 22.8. The van der Waals surface area contributed by atoms with Crippen LogP contribution in [-0.4, -0.2) is 79.3 Å². The monoisotopic (exact) mass is 352 g/mol. The Morgan fingerprint density at radius 1 is 0.783 bits per heavy atom. The van der Waals surface area contributed by atoms with E-state index in [1.165, 1.54) is 0 Å². The van der Waals surface area contributed by atoms with E-state index in [4.69, 9.17) is 4.55 Å². The van der Waals surface area contributed by atoms with Gasteiger partial charge in [-0.05, 0) is 32.1 Å². The zero-order chi connectivity index (χ0) is 17.9. The van der Waals surface area contributed by atoms with Gasteiger partial charge in [-0.25, -0.2) is 15.0 Å². The molecule has 0 spiro atoms. The average Bonchev–Trinajstić information content (AvgIpc) is 2.42. The number of hydrogen-bond acceptors (Lipinski definition) is 6. The van der Waals surface area contributed by atoms with Crippen LogP contribution >= 0.6 is 0 Å². The van der Waals surface area contributed by atoms with Crippen molar-refractivity contribution >= 4 is 10.1 Å². The number of nitrogens with zero attached hydrogens (tertiary/aromatic N) is 4. The molecule has 0 fully saturated rings. The van der Waals surface area contributed by atoms with Crippen molar-refractivity contribution < 1.29 is 13.0 Å². The molecule has 8 heteroatoms. The van der Waals surface area contributed by atoms with Crippen molar-refractivity contribution in [3.63, 3.8) is 0 Å². The van der Waals surface area contributed by atoms with Gasteiger partial charge in [-0.1, -0.05) is 20.8 Å². The molecule has 0 aromatic carbocycles. The minimum absolute atomic E-state index is 0.164. The van der Waals surface area contributed by atoms with Crippen molar-refractivity contribution in [2.45, 2.75) is 52.9 Å². The maximum absolute atomic E-state index is 10.8. The number of hydrazine groups is 3. The first-order chi connectivity index (χ1) is 10.8. The Hall–Kier alpha value is -0.250. The number of hydrogen-bond donors (Lipinski definition) is 1. The fourth-order valence-electron chi connectivity index (χ4n) is 2.62. The molecule has 0 saturated carbocycles. The fraction of sp³-hybridized carbons (Fsp3) is 1.00. The summed E-state index contributed by atoms with van der Waals surface area (Å²) >= 11 is 0. The summed E-state index contributed by atoms with van der Waals surface area (Å²) in [6.45, 7) is 10.1. The van der Waals surface area contributed by atoms with Crippen molar-refractivity contribution in [1.29, 1.82) is 0 Å². The first-order valence-electron chi connectivity index (χ1n) is 8.69. The standard InChI is InChI=1S/C15H36N4O3S/c1-6-11-17(12-7-2)19(16(4)5)18(13-8-3)14-9-10-15-23(20,21)22/h6-15H2,1-5H3,(H,20,21,22). The summed E-state index contributed by atoms with van der Waals surface area (Å²) in [6.07, 6.45) is 4.38. The second-order valence-electron chi connectivity index (χ2n) is 6.02. The highest BCUT2D eigenvalue weighted by Crippen LogP contribution is 2.11. The van der Waals surface area contributed by atoms with Crippen LogP contribution in [0.4, 0.5) is 0 Å². The van der Waals surface area contributed by atoms with E-state index in [0.29, 0.717) is 6.42 Å². The topological polar surface area (TPSA) is 67.3 Å². The van der Waals surface area contributed by atoms with Gasteiger partial charge in [0.1, 0.15) is 0 Å². The van der Waals surface area contributed by atoms with E-state index < -0.39 is 10.1 Å². The van der Waals surface area contributed by atoms with Crippen LogP contribution < -0.4 is 0 Å². The van der Waals surface area contributed by atoms with Crippen LogP contribution in [0.15, 0.2) is 0 Å². The summed E-state index contributed by atoms with van der Waals surface area (Å²) in [6, 6.07) is 0. The summed E-state index contributed by atoms with van der Waals surface area (Å²) in [7, 11) is 0.196. The molecule has 0 bridgehead atoms. The highest BCUT2D eigenvalue weighted by Gasteiger charge is 2.23. The Morgan fingerprint density at radius 3 is 1.57 bits per heavy atom. The normalized spacial score (nSPS) is 13.0. The fourth-order valence-corrected chi connectivity index (χ4v) is 3.19. The van der Waals surface area contributed by atoms with E-state index in [2.05, 4.69) is 41.0 Å². The Kier molecular flexibility index (Phi) is 12.0. The molecule has 0 atom stereocenters. The third-order valence-corrected chi connectivity index (χ3v) is 4.18. The van der Waals surface area contributed by atoms with Crippen LogP contribution in [0, 0.1) is 0 Å². The van der Waals surface area contributed by atoms with Crippen molar-refractivity contribution in [2.75, 3.05) is 46.0 Å². The zero-order valence-corrected chi connectivity index (χ0v) is 16.3. The minimum atomic E-state index is -3.86. The van der Waals surface area contributed by atoms with E-state index in [1.807, 2.05) is 14.1 Å². The summed E-state index contributed by atoms with van der Waals surface area (Å²) in [5.74, 6) is -0.164. The highest BCUT2D eigenvalue weighted by atomic mass is 32.2. The number of rotatable bonds is 14. The second kappa shape index (κ2) is 12.2. The lowest BCUT2D eigenvalue weighted by Gasteiger charge is -2.45. The molecule has 0 aliphatic carbocycles. The quantitative estimate of drug-likeness (QED) is 0.292. The summed E-state index contributed by atoms with van der Waals surface area (Å²) in [4.78, 5) is 0. The van der Waals surface area contributed by atoms with Gasteiger partial charge < -0.3 is 0 Å². The molecule has 23 heavy (non-hydrogen) atoms. The molecular weight excluding hydrogens is 316 g/mol. The van der Waals surface area contributed by atoms with Crippen LogP contribution in [0.3, 0.4) is 0 Å². The van der Waals surface area contributed by atoms with Crippen LogP contribution in [0.25, 0.3) is 0 Å². The van der Waals surface area contributed by atoms with Gasteiger partial charge >= 0.3 is 0 Å². The van der Waals surface area contributed by atoms with E-state index in [1.54, 1.807) is 0 Å². The molecule has 0 radical (unpaired) electrons. The van der Waals surface area contributed by atoms with E-state index >= 15 is 0 Å². The molecule has 1 N–H and O–H groups in total. The maximum Gasteiger partial charge on any atom is 0.264 e. The van der Waals surface area contributed by atoms with E-state index in [9.17, 15) is 8.42 Å². The molecule has 0 aliphatic heterocycles. The van der Waals surface area contributed by atoms with Crippen LogP contribution in [0.1, 0.15) is 52.9 Å². The lowest BCUT2D eigenvalue weighted by atomic mass is 10.3. The smallest absolute Gasteiger partial charge is 0.264 e. The molecule has 140 valence electrons. The van der Waals surface area contributed by atoms with Gasteiger partial charge in [0.25, 0.3) is 10.1 Å². The van der Waals surface area contributed by atoms with Gasteiger partial charge in [-0.2, -0.15) is 8.42 Å². The molecule has 0 amide bonds. The molecular formula is C15H36N4O3S. The van der Waals surface area contributed by atoms with E-state index in [0.717, 1.165) is 51.9 Å². The van der Waals surface area contributed by atoms with Crippen LogP contribution in [0.2, 0.25) is 0 Å². The first-order valence-corrected chi connectivity index (χ1v) is 10.3. The van der Waals surface area contributed by atoms with Gasteiger partial charge in [0.15, 0.2) is 0 Å². The molecule has 0 heterocycles. The minimum Gasteiger partial charge on any atom is -0.286 e. The van der Waals surface area contributed by atoms with Gasteiger partial charge in [0.2, 0.25) is 0 Å². The van der Waals surface area contributed by atoms with Gasteiger partial charge in [-0.3, -0.25) is 4.55 Å². The van der Waals surface area contributed by atoms with Crippen molar-refractivity contribution in [2.24, 2.45) is 0 Å². The average molecular weight is 353 g/mol. The third-order valence-electron chi connectivity index (χ3n) is 3.38. The molecule has 0 rings (SSSR count). The van der Waals surface area contributed by atoms with Crippen molar-refractivity contribution in [3.05, 3.63) is 0 Å². The summed E-state index contributed by atoms with van der Waals surface area (Å²) in [5.41, 5.74) is 0. The Bertz CT molecular complexity index is 384. The van der Waals surface area contributed by atoms with Crippen molar-refractivity contribution in [1.82, 2.24) is 20.3 Å². The number of unbranched alkanes of at least 4 members (excludes halogenated alkanes) is 1. The summed E-state index contributed by atoms with van der Waals surface area (Å²) in [5, 5.41) is 8.85. The van der Waals surface area contributed by atoms with Crippen molar-refractivity contribution in [3.8, 4) is 0 Å². The predicted molar refractivity (Wildman–Crippen MR) is 95.2 cm³/mol. The Balaban J connectivity index is 4.85. The molecule has 0 aromatic heterocycles. The summed E-state index contributed by atoms with van der Waals surface area (Å²) < 4.78 is 30.5. The van der Waals surface area contributed by atoms with Gasteiger partial charge in [-0.15, -0.1) is 5.23 Å². The lowest BCUT2D eigenvalue weighted by Crippen LogP contribution is -2.60. The molecule has 0 aliphatic rings. The lowest BCUT2D eigenvalue weighted by molar-refractivity contribution is -0.293. The van der Waals surface area contributed by atoms with Gasteiger partial charge in [0.05, 0.1) is 5.75 Å². The molecule has 7 nitrogen and oxygen atoms in total. The molecule has 0 unspecified atom stereocenters. The molecule has 0 aromatic rings. The molecule has 0 saturated heterocycles.